The molecule has 2 aromatic rings. The van der Waals surface area contributed by atoms with Crippen LogP contribution in [0, 0.1) is 19.3 Å². The molecule has 7 heteroatoms. The molecular weight excluding hydrogens is 362 g/mol. The summed E-state index contributed by atoms with van der Waals surface area (Å²) in [7, 11) is 0. The molecule has 120 valence electrons. The van der Waals surface area contributed by atoms with Crippen LogP contribution >= 0.6 is 15.9 Å². The van der Waals surface area contributed by atoms with Gasteiger partial charge in [-0.15, -0.1) is 0 Å². The molecule has 1 saturated carbocycles. The summed E-state index contributed by atoms with van der Waals surface area (Å²) in [5, 5.41) is 9.18. The number of carbonyl (C=O) groups is 2. The molecule has 0 saturated heterocycles. The second kappa shape index (κ2) is 5.81. The summed E-state index contributed by atoms with van der Waals surface area (Å²) >= 11 is 3.42. The standard InChI is InChI=1S/C16H16BrN3O3/c1-9-3-4-12(11(17)7-9)18-14(21)16(5-6-16)15(22)19-13-8-10(2)23-20-13/h3-4,7-8H,5-6H2,1-2H3,(H,18,21)(H,19,20,22). The molecular formula is C16H16BrN3O3. The summed E-state index contributed by atoms with van der Waals surface area (Å²) in [6, 6.07) is 7.24. The summed E-state index contributed by atoms with van der Waals surface area (Å²) in [5.41, 5.74) is 0.698. The van der Waals surface area contributed by atoms with Crippen molar-refractivity contribution in [2.45, 2.75) is 26.7 Å². The summed E-state index contributed by atoms with van der Waals surface area (Å²) < 4.78 is 5.70. The van der Waals surface area contributed by atoms with Gasteiger partial charge < -0.3 is 15.2 Å². The molecule has 6 nitrogen and oxygen atoms in total. The molecule has 0 spiro atoms. The Morgan fingerprint density at radius 3 is 2.43 bits per heavy atom. The zero-order valence-electron chi connectivity index (χ0n) is 12.8. The molecule has 0 radical (unpaired) electrons. The van der Waals surface area contributed by atoms with E-state index in [1.165, 1.54) is 0 Å². The third-order valence-electron chi connectivity index (χ3n) is 3.86. The van der Waals surface area contributed by atoms with Gasteiger partial charge in [0.15, 0.2) is 5.82 Å². The Labute approximate surface area is 141 Å². The highest BCUT2D eigenvalue weighted by atomic mass is 79.9. The first-order valence-electron chi connectivity index (χ1n) is 7.23. The number of amides is 2. The van der Waals surface area contributed by atoms with Crippen LogP contribution in [0.5, 0.6) is 0 Å². The average molecular weight is 378 g/mol. The molecule has 1 fully saturated rings. The van der Waals surface area contributed by atoms with Gasteiger partial charge in [-0.2, -0.15) is 0 Å². The van der Waals surface area contributed by atoms with E-state index in [1.807, 2.05) is 25.1 Å². The van der Waals surface area contributed by atoms with E-state index in [9.17, 15) is 9.59 Å². The summed E-state index contributed by atoms with van der Waals surface area (Å²) in [4.78, 5) is 24.9. The molecule has 0 aliphatic heterocycles. The van der Waals surface area contributed by atoms with Crippen molar-refractivity contribution in [2.24, 2.45) is 5.41 Å². The Morgan fingerprint density at radius 2 is 1.87 bits per heavy atom. The van der Waals surface area contributed by atoms with Crippen molar-refractivity contribution in [1.29, 1.82) is 0 Å². The molecule has 0 atom stereocenters. The number of hydrogen-bond acceptors (Lipinski definition) is 4. The van der Waals surface area contributed by atoms with Gasteiger partial charge in [-0.3, -0.25) is 9.59 Å². The molecule has 1 aliphatic rings. The summed E-state index contributed by atoms with van der Waals surface area (Å²) in [6.45, 7) is 3.70. The van der Waals surface area contributed by atoms with Crippen LogP contribution in [0.3, 0.4) is 0 Å². The minimum absolute atomic E-state index is 0.306. The Balaban J connectivity index is 1.72. The smallest absolute Gasteiger partial charge is 0.241 e. The molecule has 1 aromatic heterocycles. The molecule has 1 heterocycles. The monoisotopic (exact) mass is 377 g/mol. The highest BCUT2D eigenvalue weighted by Crippen LogP contribution is 2.47. The zero-order chi connectivity index (χ0) is 16.6. The Bertz CT molecular complexity index is 781. The Hall–Kier alpha value is -2.15. The highest BCUT2D eigenvalue weighted by molar-refractivity contribution is 9.10. The zero-order valence-corrected chi connectivity index (χ0v) is 14.4. The van der Waals surface area contributed by atoms with E-state index in [0.29, 0.717) is 30.1 Å². The number of aromatic nitrogens is 1. The van der Waals surface area contributed by atoms with Gasteiger partial charge in [0.05, 0.1) is 5.69 Å². The van der Waals surface area contributed by atoms with Gasteiger partial charge in [0, 0.05) is 10.5 Å². The maximum Gasteiger partial charge on any atom is 0.241 e. The Morgan fingerprint density at radius 1 is 1.17 bits per heavy atom. The predicted octanol–water partition coefficient (Wildman–Crippen LogP) is 3.41. The van der Waals surface area contributed by atoms with Crippen molar-refractivity contribution in [3.05, 3.63) is 40.1 Å². The average Bonchev–Trinajstić information content (AvgIpc) is 3.21. The third kappa shape index (κ3) is 3.14. The number of nitrogens with one attached hydrogen (secondary N) is 2. The summed E-state index contributed by atoms with van der Waals surface area (Å²) in [5.74, 6) is 0.257. The lowest BCUT2D eigenvalue weighted by molar-refractivity contribution is -0.131. The van der Waals surface area contributed by atoms with Gasteiger partial charge in [0.2, 0.25) is 11.8 Å². The van der Waals surface area contributed by atoms with Crippen molar-refractivity contribution in [3.8, 4) is 0 Å². The second-order valence-corrected chi connectivity index (χ2v) is 6.65. The highest BCUT2D eigenvalue weighted by Gasteiger charge is 2.56. The number of hydrogen-bond donors (Lipinski definition) is 2. The molecule has 3 rings (SSSR count). The van der Waals surface area contributed by atoms with Crippen molar-refractivity contribution in [3.63, 3.8) is 0 Å². The van der Waals surface area contributed by atoms with E-state index in [2.05, 4.69) is 31.7 Å². The fourth-order valence-corrected chi connectivity index (χ4v) is 2.90. The van der Waals surface area contributed by atoms with E-state index in [1.54, 1.807) is 13.0 Å². The lowest BCUT2D eigenvalue weighted by atomic mass is 10.0. The van der Waals surface area contributed by atoms with Gasteiger partial charge in [-0.1, -0.05) is 11.2 Å². The Kier molecular flexibility index (Phi) is 3.97. The minimum Gasteiger partial charge on any atom is -0.360 e. The first-order valence-corrected chi connectivity index (χ1v) is 8.02. The normalized spacial score (nSPS) is 15.1. The molecule has 1 aromatic carbocycles. The van der Waals surface area contributed by atoms with Crippen LogP contribution in [-0.2, 0) is 9.59 Å². The lowest BCUT2D eigenvalue weighted by Gasteiger charge is -2.15. The van der Waals surface area contributed by atoms with Crippen LogP contribution < -0.4 is 10.6 Å². The van der Waals surface area contributed by atoms with Gasteiger partial charge in [0.1, 0.15) is 11.2 Å². The van der Waals surface area contributed by atoms with Crippen molar-refractivity contribution in [1.82, 2.24) is 5.16 Å². The number of nitrogens with zero attached hydrogens (tertiary/aromatic N) is 1. The fraction of sp³-hybridized carbons (Fsp3) is 0.312. The maximum absolute atomic E-state index is 12.5. The summed E-state index contributed by atoms with van der Waals surface area (Å²) in [6.07, 6.45) is 1.04. The number of benzene rings is 1. The van der Waals surface area contributed by atoms with Gasteiger partial charge in [-0.25, -0.2) is 0 Å². The first kappa shape index (κ1) is 15.7. The fourth-order valence-electron chi connectivity index (χ4n) is 2.31. The lowest BCUT2D eigenvalue weighted by Crippen LogP contribution is -2.35. The van der Waals surface area contributed by atoms with Crippen molar-refractivity contribution in [2.75, 3.05) is 10.6 Å². The van der Waals surface area contributed by atoms with Crippen LogP contribution in [0.4, 0.5) is 11.5 Å². The maximum atomic E-state index is 12.5. The third-order valence-corrected chi connectivity index (χ3v) is 4.52. The van der Waals surface area contributed by atoms with Crippen molar-refractivity contribution < 1.29 is 14.1 Å². The van der Waals surface area contributed by atoms with Gasteiger partial charge >= 0.3 is 0 Å². The molecule has 2 N–H and O–H groups in total. The van der Waals surface area contributed by atoms with Crippen LogP contribution in [0.25, 0.3) is 0 Å². The van der Waals surface area contributed by atoms with E-state index < -0.39 is 5.41 Å². The molecule has 0 unspecified atom stereocenters. The number of rotatable bonds is 4. The van der Waals surface area contributed by atoms with Crippen molar-refractivity contribution >= 4 is 39.2 Å². The topological polar surface area (TPSA) is 84.2 Å². The van der Waals surface area contributed by atoms with Crippen LogP contribution in [0.2, 0.25) is 0 Å². The van der Waals surface area contributed by atoms with E-state index in [-0.39, 0.29) is 11.8 Å². The number of aryl methyl sites for hydroxylation is 2. The van der Waals surface area contributed by atoms with Crippen LogP contribution in [0.1, 0.15) is 24.2 Å². The largest absolute Gasteiger partial charge is 0.360 e. The van der Waals surface area contributed by atoms with E-state index in [0.717, 1.165) is 10.0 Å². The van der Waals surface area contributed by atoms with E-state index >= 15 is 0 Å². The number of carbonyl (C=O) groups excluding carboxylic acids is 2. The minimum atomic E-state index is -1.03. The number of halogens is 1. The van der Waals surface area contributed by atoms with Gasteiger partial charge in [0.25, 0.3) is 0 Å². The molecule has 23 heavy (non-hydrogen) atoms. The molecule has 1 aliphatic carbocycles. The quantitative estimate of drug-likeness (QED) is 0.799. The molecule has 0 bridgehead atoms. The number of anilines is 2. The van der Waals surface area contributed by atoms with Crippen LogP contribution in [0.15, 0.2) is 33.3 Å². The first-order chi connectivity index (χ1) is 10.9. The predicted molar refractivity (Wildman–Crippen MR) is 89.0 cm³/mol. The van der Waals surface area contributed by atoms with Crippen LogP contribution in [-0.4, -0.2) is 17.0 Å². The second-order valence-electron chi connectivity index (χ2n) is 5.80. The van der Waals surface area contributed by atoms with E-state index in [4.69, 9.17) is 4.52 Å². The van der Waals surface area contributed by atoms with Gasteiger partial charge in [-0.05, 0) is 60.3 Å². The SMILES string of the molecule is Cc1ccc(NC(=O)C2(C(=O)Nc3cc(C)on3)CC2)c(Br)c1. The molecule has 2 amide bonds.